The Bertz CT molecular complexity index is 2370. The van der Waals surface area contributed by atoms with Gasteiger partial charge in [-0.3, -0.25) is 19.6 Å². The number of fused-ring (bicyclic) bond motifs is 1. The predicted molar refractivity (Wildman–Crippen MR) is 216 cm³/mol. The predicted octanol–water partition coefficient (Wildman–Crippen LogP) is 5.77. The van der Waals surface area contributed by atoms with Crippen LogP contribution in [0, 0.1) is 13.8 Å². The zero-order valence-electron chi connectivity index (χ0n) is 32.0. The number of benzene rings is 2. The molecule has 1 aliphatic heterocycles. The second kappa shape index (κ2) is 17.3. The lowest BCUT2D eigenvalue weighted by Gasteiger charge is -2.34. The van der Waals surface area contributed by atoms with E-state index in [1.54, 1.807) is 61.9 Å². The topological polar surface area (TPSA) is 221 Å². The number of aliphatic hydroxyl groups is 1. The Kier molecular flexibility index (Phi) is 12.1. The molecule has 57 heavy (non-hydrogen) atoms. The number of pyridine rings is 4. The molecule has 0 spiro atoms. The maximum absolute atomic E-state index is 12.6. The molecule has 8 N–H and O–H groups in total. The van der Waals surface area contributed by atoms with Gasteiger partial charge in [-0.05, 0) is 84.6 Å². The summed E-state index contributed by atoms with van der Waals surface area (Å²) in [7, 11) is 0. The van der Waals surface area contributed by atoms with E-state index >= 15 is 0 Å². The molecular formula is C43H44N8O6. The van der Waals surface area contributed by atoms with Crippen molar-refractivity contribution in [3.63, 3.8) is 0 Å². The van der Waals surface area contributed by atoms with Gasteiger partial charge in [-0.2, -0.15) is 0 Å². The number of amides is 2. The van der Waals surface area contributed by atoms with E-state index < -0.39 is 5.79 Å². The first-order valence-corrected chi connectivity index (χ1v) is 18.1. The minimum atomic E-state index is -0.691. The molecule has 292 valence electrons. The van der Waals surface area contributed by atoms with Gasteiger partial charge in [0.15, 0.2) is 0 Å². The van der Waals surface area contributed by atoms with E-state index in [0.717, 1.165) is 44.8 Å². The van der Waals surface area contributed by atoms with Crippen molar-refractivity contribution >= 4 is 23.5 Å². The molecule has 5 heterocycles. The third-order valence-electron chi connectivity index (χ3n) is 9.32. The van der Waals surface area contributed by atoms with Gasteiger partial charge in [-0.1, -0.05) is 24.3 Å². The number of aliphatic hydroxyl groups excluding tert-OH is 1. The fourth-order valence-corrected chi connectivity index (χ4v) is 5.99. The van der Waals surface area contributed by atoms with Gasteiger partial charge in [-0.25, -0.2) is 9.97 Å². The number of nitrogens with one attached hydrogen (secondary N) is 2. The molecule has 0 saturated heterocycles. The summed E-state index contributed by atoms with van der Waals surface area (Å²) in [4.78, 5) is 41.6. The zero-order chi connectivity index (χ0) is 40.7. The molecule has 6 aromatic rings. The molecule has 7 rings (SSSR count). The number of anilines is 2. The van der Waals surface area contributed by atoms with Crippen molar-refractivity contribution in [3.05, 3.63) is 142 Å². The van der Waals surface area contributed by atoms with E-state index in [1.165, 1.54) is 6.20 Å². The van der Waals surface area contributed by atoms with Gasteiger partial charge in [0.05, 0.1) is 24.6 Å². The number of hydrogen-bond acceptors (Lipinski definition) is 12. The van der Waals surface area contributed by atoms with E-state index in [9.17, 15) is 19.8 Å². The Balaban J connectivity index is 0.000000194. The highest BCUT2D eigenvalue weighted by Gasteiger charge is 2.30. The second-order valence-corrected chi connectivity index (χ2v) is 13.8. The van der Waals surface area contributed by atoms with Crippen LogP contribution in [0.1, 0.15) is 68.2 Å². The molecule has 14 nitrogen and oxygen atoms in total. The average molecular weight is 769 g/mol. The number of aromatic nitrogens is 4. The first-order chi connectivity index (χ1) is 27.3. The number of carbonyl (C=O) groups excluding carboxylic acids is 2. The van der Waals surface area contributed by atoms with E-state index in [-0.39, 0.29) is 30.7 Å². The Morgan fingerprint density at radius 1 is 0.684 bits per heavy atom. The van der Waals surface area contributed by atoms with Crippen LogP contribution >= 0.6 is 0 Å². The molecule has 0 saturated carbocycles. The number of nitrogens with zero attached hydrogens (tertiary/aromatic N) is 4. The standard InChI is InChI=1S/C23H24N4O3.C20H20N4O3/c1-14-21-19(13-29-23(2,3)30-21)18(11-25-14)12-27-22(28)16-6-4-15(5-7-16)17-8-9-20(24)26-10-17;1-12-19(26)17(11-25)16(9-22-12)10-24-20(27)14-4-2-13(3-5-14)15-6-7-18(21)23-8-15/h4-11H,12-13H2,1-3H3,(H2,24,26)(H,27,28);2-9,25-26H,10-11H2,1H3,(H2,21,23)(H,24,27). The van der Waals surface area contributed by atoms with Crippen LogP contribution in [0.15, 0.2) is 97.6 Å². The molecule has 0 bridgehead atoms. The Labute approximate surface area is 330 Å². The van der Waals surface area contributed by atoms with E-state index in [0.29, 0.717) is 52.7 Å². The number of aromatic hydroxyl groups is 1. The first kappa shape index (κ1) is 39.8. The largest absolute Gasteiger partial charge is 0.506 e. The Morgan fingerprint density at radius 3 is 1.65 bits per heavy atom. The van der Waals surface area contributed by atoms with Crippen molar-refractivity contribution < 1.29 is 29.3 Å². The van der Waals surface area contributed by atoms with Crippen LogP contribution in [0.2, 0.25) is 0 Å². The van der Waals surface area contributed by atoms with Gasteiger partial charge < -0.3 is 41.8 Å². The number of nitrogen functional groups attached to an aromatic ring is 2. The quantitative estimate of drug-likeness (QED) is 0.103. The molecule has 14 heteroatoms. The van der Waals surface area contributed by atoms with Crippen LogP contribution in [-0.4, -0.2) is 47.8 Å². The third kappa shape index (κ3) is 9.68. The van der Waals surface area contributed by atoms with Crippen LogP contribution in [-0.2, 0) is 31.0 Å². The monoisotopic (exact) mass is 768 g/mol. The Morgan fingerprint density at radius 2 is 1.16 bits per heavy atom. The number of hydrogen-bond donors (Lipinski definition) is 6. The summed E-state index contributed by atoms with van der Waals surface area (Å²) in [6.45, 7) is 7.87. The van der Waals surface area contributed by atoms with Gasteiger partial charge in [0, 0.05) is 85.1 Å². The molecule has 0 atom stereocenters. The fourth-order valence-electron chi connectivity index (χ4n) is 5.99. The number of nitrogens with two attached hydrogens (primary N) is 2. The van der Waals surface area contributed by atoms with Crippen molar-refractivity contribution in [3.8, 4) is 33.8 Å². The summed E-state index contributed by atoms with van der Waals surface area (Å²) in [6.07, 6.45) is 6.69. The SMILES string of the molecule is Cc1ncc(CNC(=O)c2ccc(-c3ccc(N)nc3)cc2)c(CO)c1O.Cc1ncc(CNC(=O)c2ccc(-c3ccc(N)nc3)cc2)c2c1OC(C)(C)OC2. The van der Waals surface area contributed by atoms with Crippen LogP contribution in [0.5, 0.6) is 11.5 Å². The molecule has 4 aromatic heterocycles. The summed E-state index contributed by atoms with van der Waals surface area (Å²) < 4.78 is 11.7. The number of aryl methyl sites for hydroxylation is 2. The lowest BCUT2D eigenvalue weighted by molar-refractivity contribution is -0.180. The maximum atomic E-state index is 12.6. The van der Waals surface area contributed by atoms with Crippen molar-refractivity contribution in [1.82, 2.24) is 30.6 Å². The molecule has 0 unspecified atom stereocenters. The normalized spacial score (nSPS) is 12.6. The van der Waals surface area contributed by atoms with E-state index in [2.05, 4.69) is 30.6 Å². The lowest BCUT2D eigenvalue weighted by atomic mass is 10.0. The summed E-state index contributed by atoms with van der Waals surface area (Å²) >= 11 is 0. The van der Waals surface area contributed by atoms with Crippen molar-refractivity contribution in [2.75, 3.05) is 11.5 Å². The second-order valence-electron chi connectivity index (χ2n) is 13.8. The summed E-state index contributed by atoms with van der Waals surface area (Å²) in [5, 5.41) is 25.1. The highest BCUT2D eigenvalue weighted by molar-refractivity contribution is 5.95. The van der Waals surface area contributed by atoms with Crippen LogP contribution in [0.25, 0.3) is 22.3 Å². The smallest absolute Gasteiger partial charge is 0.251 e. The molecule has 1 aliphatic rings. The summed E-state index contributed by atoms with van der Waals surface area (Å²) in [5.41, 5.74) is 20.0. The first-order valence-electron chi connectivity index (χ1n) is 18.1. The van der Waals surface area contributed by atoms with Crippen LogP contribution < -0.4 is 26.8 Å². The van der Waals surface area contributed by atoms with Gasteiger partial charge in [0.1, 0.15) is 23.1 Å². The number of rotatable bonds is 9. The van der Waals surface area contributed by atoms with Crippen molar-refractivity contribution in [1.29, 1.82) is 0 Å². The third-order valence-corrected chi connectivity index (χ3v) is 9.32. The number of carbonyl (C=O) groups is 2. The highest BCUT2D eigenvalue weighted by Crippen LogP contribution is 2.35. The van der Waals surface area contributed by atoms with Crippen molar-refractivity contribution in [2.45, 2.75) is 59.8 Å². The zero-order valence-corrected chi connectivity index (χ0v) is 32.0. The highest BCUT2D eigenvalue weighted by atomic mass is 16.7. The minimum Gasteiger partial charge on any atom is -0.506 e. The fraction of sp³-hybridized carbons (Fsp3) is 0.209. The maximum Gasteiger partial charge on any atom is 0.251 e. The van der Waals surface area contributed by atoms with E-state index in [1.807, 2.05) is 57.2 Å². The molecule has 0 fully saturated rings. The number of ether oxygens (including phenoxy) is 2. The summed E-state index contributed by atoms with van der Waals surface area (Å²) in [5.74, 6) is 0.495. The molecule has 0 aliphatic carbocycles. The minimum absolute atomic E-state index is 0.0503. The van der Waals surface area contributed by atoms with E-state index in [4.69, 9.17) is 20.9 Å². The van der Waals surface area contributed by atoms with Crippen LogP contribution in [0.3, 0.4) is 0 Å². The van der Waals surface area contributed by atoms with Gasteiger partial charge in [-0.15, -0.1) is 0 Å². The Hall–Kier alpha value is -6.90. The molecule has 2 amide bonds. The van der Waals surface area contributed by atoms with Crippen molar-refractivity contribution in [2.24, 2.45) is 0 Å². The van der Waals surface area contributed by atoms with Gasteiger partial charge in [0.2, 0.25) is 5.79 Å². The molecular weight excluding hydrogens is 725 g/mol. The summed E-state index contributed by atoms with van der Waals surface area (Å²) in [6, 6.07) is 21.7. The lowest BCUT2D eigenvalue weighted by Crippen LogP contribution is -2.36. The van der Waals surface area contributed by atoms with Gasteiger partial charge in [0.25, 0.3) is 11.8 Å². The molecule has 0 radical (unpaired) electrons. The van der Waals surface area contributed by atoms with Gasteiger partial charge >= 0.3 is 0 Å². The molecule has 2 aromatic carbocycles. The average Bonchev–Trinajstić information content (AvgIpc) is 3.21. The van der Waals surface area contributed by atoms with Crippen LogP contribution in [0.4, 0.5) is 11.6 Å².